The summed E-state index contributed by atoms with van der Waals surface area (Å²) < 4.78 is 65.1. The van der Waals surface area contributed by atoms with E-state index >= 15 is 0 Å². The van der Waals surface area contributed by atoms with Crippen LogP contribution in [0.25, 0.3) is 44.1 Å². The molecular formula is C100H111F2N15O16. The lowest BCUT2D eigenvalue weighted by atomic mass is 9.80. The molecule has 12 aromatic rings. The average molecular weight is 1820 g/mol. The molecule has 5 amide bonds. The van der Waals surface area contributed by atoms with E-state index in [1.165, 1.54) is 39.4 Å². The van der Waals surface area contributed by atoms with Crippen molar-refractivity contribution < 1.29 is 76.2 Å². The molecule has 20 rings (SSSR count). The van der Waals surface area contributed by atoms with Crippen molar-refractivity contribution in [1.29, 1.82) is 0 Å². The van der Waals surface area contributed by atoms with E-state index in [1.807, 2.05) is 107 Å². The third kappa shape index (κ3) is 18.3. The highest BCUT2D eigenvalue weighted by molar-refractivity contribution is 5.99. The highest BCUT2D eigenvalue weighted by Crippen LogP contribution is 2.48. The van der Waals surface area contributed by atoms with Crippen molar-refractivity contribution in [2.45, 2.75) is 211 Å². The van der Waals surface area contributed by atoms with Crippen LogP contribution in [0.2, 0.25) is 0 Å². The van der Waals surface area contributed by atoms with E-state index < -0.39 is 36.4 Å². The topological polar surface area (TPSA) is 338 Å². The summed E-state index contributed by atoms with van der Waals surface area (Å²) in [6.07, 6.45) is 14.0. The van der Waals surface area contributed by atoms with Crippen LogP contribution < -0.4 is 30.7 Å². The molecule has 8 aliphatic rings. The number of imidazole rings is 4. The van der Waals surface area contributed by atoms with Crippen LogP contribution in [-0.2, 0) is 103 Å². The molecule has 2 saturated heterocycles. The zero-order valence-corrected chi connectivity index (χ0v) is 76.0. The zero-order valence-electron chi connectivity index (χ0n) is 76.0. The molecule has 6 aliphatic heterocycles. The molecule has 2 aliphatic carbocycles. The van der Waals surface area contributed by atoms with Gasteiger partial charge in [0.25, 0.3) is 17.0 Å². The van der Waals surface area contributed by atoms with Crippen LogP contribution in [0, 0.1) is 11.8 Å². The fourth-order valence-electron chi connectivity index (χ4n) is 20.6. The number of carbonyl (C=O) groups is 7. The van der Waals surface area contributed by atoms with Crippen LogP contribution in [0.1, 0.15) is 173 Å². The van der Waals surface area contributed by atoms with E-state index in [1.54, 1.807) is 76.0 Å². The van der Waals surface area contributed by atoms with Gasteiger partial charge in [-0.2, -0.15) is 0 Å². The van der Waals surface area contributed by atoms with E-state index in [-0.39, 0.29) is 103 Å². The Morgan fingerprint density at radius 3 is 1.17 bits per heavy atom. The summed E-state index contributed by atoms with van der Waals surface area (Å²) in [5.41, 5.74) is 16.6. The number of aliphatic carboxylic acids is 2. The largest absolute Gasteiger partial charge is 0.481 e. The summed E-state index contributed by atoms with van der Waals surface area (Å²) in [5.74, 6) is -2.02. The lowest BCUT2D eigenvalue weighted by Crippen LogP contribution is -2.42. The number of fused-ring (bicyclic) bond motifs is 12. The molecule has 0 radical (unpaired) electrons. The number of anilines is 4. The van der Waals surface area contributed by atoms with Gasteiger partial charge in [-0.1, -0.05) is 72.8 Å². The summed E-state index contributed by atoms with van der Waals surface area (Å²) in [7, 11) is 5.57. The van der Waals surface area contributed by atoms with Crippen LogP contribution in [0.15, 0.2) is 168 Å². The first-order valence-corrected chi connectivity index (χ1v) is 45.9. The number of methoxy groups -OCH3 is 4. The normalized spacial score (nSPS) is 20.6. The number of benzene rings is 6. The first-order valence-electron chi connectivity index (χ1n) is 45.9. The number of hydrogen-bond donors (Lipinski definition) is 2. The molecule has 4 atom stereocenters. The van der Waals surface area contributed by atoms with Crippen molar-refractivity contribution in [2.24, 2.45) is 11.8 Å². The standard InChI is InChI=1S/C26H29F2N5O4.2C25H27N3O4.C24H28N4O4/c1-17-6-7-18-19(33(17)25(36)37-2)8-9-20-24(18)29-21(10-13-30-12-4-3-5-22(30)34)32(20)15-23(35)31-14-11-26(27,28)16-31;2*1-15-8-9-19-20(27(15)25(31)32-2)10-11-21-23(19)26-22(12-16-6-4-3-5-7-16)28(21)18-13-17(14-18)24(29)30;1-16-6-7-18-19(27(16)24(30)31-2)8-9-20-23(18)25-21(15-26-12-4-3-5-22(26)29)28(20)17-10-13-32-14-11-17/h3-5,8-9,12,17H,6-7,10-11,13-16H2,1-2H3;2*3-7,10-11,15,17-18H,8-9,12-14H2,1-2H3,(H,29,30);3-5,8-9,12,16-17H,6-7,10-11,13-15H2,1-2H3/t17-;2*15-,17?,18?;16-/m0000/s1. The van der Waals surface area contributed by atoms with Crippen molar-refractivity contribution in [2.75, 3.05) is 74.3 Å². The molecule has 4 fully saturated rings. The van der Waals surface area contributed by atoms with Crippen LogP contribution in [-0.4, -0.2) is 190 Å². The maximum absolute atomic E-state index is 13.8. The van der Waals surface area contributed by atoms with Gasteiger partial charge >= 0.3 is 36.3 Å². The second-order valence-electron chi connectivity index (χ2n) is 36.0. The van der Waals surface area contributed by atoms with Gasteiger partial charge in [-0.15, -0.1) is 0 Å². The number of alkyl halides is 2. The van der Waals surface area contributed by atoms with Crippen molar-refractivity contribution in [3.05, 3.63) is 235 Å². The highest BCUT2D eigenvalue weighted by Gasteiger charge is 2.44. The number of amides is 5. The number of carboxylic acids is 2. The number of aryl methyl sites for hydroxylation is 6. The quantitative estimate of drug-likeness (QED) is 0.0849. The fourth-order valence-corrected chi connectivity index (χ4v) is 20.6. The van der Waals surface area contributed by atoms with E-state index in [4.69, 9.17) is 43.6 Å². The third-order valence-electron chi connectivity index (χ3n) is 27.8. The minimum Gasteiger partial charge on any atom is -0.481 e. The van der Waals surface area contributed by atoms with Gasteiger partial charge in [0.1, 0.15) is 29.8 Å². The molecule has 0 unspecified atom stereocenters. The summed E-state index contributed by atoms with van der Waals surface area (Å²) in [5, 5.41) is 18.8. The third-order valence-corrected chi connectivity index (χ3v) is 27.8. The Labute approximate surface area is 766 Å². The monoisotopic (exact) mass is 1820 g/mol. The average Bonchev–Trinajstić information content (AvgIpc) is 1.61. The van der Waals surface area contributed by atoms with Crippen molar-refractivity contribution in [1.82, 2.24) is 52.2 Å². The van der Waals surface area contributed by atoms with Crippen LogP contribution in [0.3, 0.4) is 0 Å². The number of likely N-dealkylation sites (tertiary alicyclic amines) is 1. The highest BCUT2D eigenvalue weighted by atomic mass is 19.3. The van der Waals surface area contributed by atoms with Crippen molar-refractivity contribution in [3.8, 4) is 0 Å². The van der Waals surface area contributed by atoms with Gasteiger partial charge in [0.05, 0.1) is 120 Å². The summed E-state index contributed by atoms with van der Waals surface area (Å²) >= 11 is 0. The molecule has 2 saturated carbocycles. The number of halogens is 2. The van der Waals surface area contributed by atoms with Gasteiger partial charge in [-0.05, 0) is 189 Å². The van der Waals surface area contributed by atoms with Crippen LogP contribution >= 0.6 is 0 Å². The Hall–Kier alpha value is -13.6. The number of hydrogen-bond acceptors (Lipinski definition) is 18. The Kier molecular flexibility index (Phi) is 26.6. The molecule has 2 N–H and O–H groups in total. The molecule has 12 heterocycles. The molecule has 0 spiro atoms. The van der Waals surface area contributed by atoms with Gasteiger partial charge in [0.15, 0.2) is 0 Å². The van der Waals surface area contributed by atoms with Gasteiger partial charge in [0.2, 0.25) is 5.91 Å². The van der Waals surface area contributed by atoms with E-state index in [2.05, 4.69) is 44.0 Å². The van der Waals surface area contributed by atoms with E-state index in [0.717, 1.165) is 152 Å². The summed E-state index contributed by atoms with van der Waals surface area (Å²) in [6, 6.07) is 46.8. The molecule has 0 bridgehead atoms. The lowest BCUT2D eigenvalue weighted by molar-refractivity contribution is -0.146. The predicted octanol–water partition coefficient (Wildman–Crippen LogP) is 15.9. The number of ether oxygens (including phenoxy) is 5. The van der Waals surface area contributed by atoms with Crippen molar-refractivity contribution in [3.63, 3.8) is 0 Å². The zero-order chi connectivity index (χ0) is 93.4. The predicted molar refractivity (Wildman–Crippen MR) is 496 cm³/mol. The fraction of sp³-hybridized carbons (Fsp3) is 0.430. The van der Waals surface area contributed by atoms with Crippen LogP contribution in [0.4, 0.5) is 50.7 Å². The molecular weight excluding hydrogens is 1710 g/mol. The first-order chi connectivity index (χ1) is 64.2. The number of carboxylic acid groups (broad SMARTS) is 2. The SMILES string of the molecule is COC(=O)N1c2ccc3c(nc(CCn4ccccc4=O)n3CC(=O)N3CCC(F)(F)C3)c2CC[C@@H]1C.COC(=O)N1c2ccc3c(nc(Cc4ccccc4)n3C3CC(C(=O)O)C3)c2CC[C@@H]1C.COC(=O)N1c2ccc3c(nc(Cc4ccccc4)n3C3CC(C(=O)O)C3)c2CC[C@@H]1C.COC(=O)N1c2ccc3c(nc(Cn4ccccc4=O)n3C3CCOCC3)c2CC[C@@H]1C. The number of pyridine rings is 2. The number of rotatable bonds is 16. The maximum Gasteiger partial charge on any atom is 0.414 e. The number of carbonyl (C=O) groups excluding carboxylic acids is 5. The lowest BCUT2D eigenvalue weighted by Gasteiger charge is -2.36. The van der Waals surface area contributed by atoms with E-state index in [0.29, 0.717) is 107 Å². The maximum atomic E-state index is 13.8. The molecule has 696 valence electrons. The Balaban J connectivity index is 0.000000124. The summed E-state index contributed by atoms with van der Waals surface area (Å²) in [6.45, 7) is 9.51. The number of nitrogens with zero attached hydrogens (tertiary/aromatic N) is 15. The van der Waals surface area contributed by atoms with Gasteiger partial charge in [0, 0.05) is 141 Å². The van der Waals surface area contributed by atoms with Gasteiger partial charge in [-0.25, -0.2) is 47.9 Å². The Bertz CT molecular complexity index is 6360. The summed E-state index contributed by atoms with van der Waals surface area (Å²) in [4.78, 5) is 139. The van der Waals surface area contributed by atoms with E-state index in [9.17, 15) is 62.1 Å². The Morgan fingerprint density at radius 1 is 0.436 bits per heavy atom. The van der Waals surface area contributed by atoms with Crippen molar-refractivity contribution >= 4 is 109 Å². The van der Waals surface area contributed by atoms with Crippen LogP contribution in [0.5, 0.6) is 0 Å². The molecule has 133 heavy (non-hydrogen) atoms. The minimum atomic E-state index is -2.88. The molecule has 31 nitrogen and oxygen atoms in total. The Morgan fingerprint density at radius 2 is 0.797 bits per heavy atom. The van der Waals surface area contributed by atoms with Gasteiger partial charge in [-0.3, -0.25) is 43.6 Å². The first kappa shape index (κ1) is 91.3. The molecule has 6 aromatic carbocycles. The molecule has 6 aromatic heterocycles. The smallest absolute Gasteiger partial charge is 0.414 e. The van der Waals surface area contributed by atoms with Gasteiger partial charge < -0.3 is 66.2 Å². The number of aromatic nitrogens is 10. The molecule has 33 heteroatoms. The minimum absolute atomic E-state index is 0.00851. The second-order valence-corrected chi connectivity index (χ2v) is 36.0. The second kappa shape index (κ2) is 38.7.